The van der Waals surface area contributed by atoms with Gasteiger partial charge in [-0.25, -0.2) is 0 Å². The molecule has 2 rings (SSSR count). The van der Waals surface area contributed by atoms with Gasteiger partial charge in [-0.3, -0.25) is 4.99 Å². The van der Waals surface area contributed by atoms with E-state index in [1.165, 1.54) is 5.69 Å². The van der Waals surface area contributed by atoms with Crippen LogP contribution < -0.4 is 15.5 Å². The van der Waals surface area contributed by atoms with Crippen molar-refractivity contribution >= 4 is 11.6 Å². The Morgan fingerprint density at radius 1 is 1.25 bits per heavy atom. The summed E-state index contributed by atoms with van der Waals surface area (Å²) in [6.45, 7) is 7.27. The fraction of sp³-hybridized carbons (Fsp3) is 0.471. The number of para-hydroxylation sites is 1. The third kappa shape index (κ3) is 5.57. The van der Waals surface area contributed by atoms with Crippen LogP contribution in [0.3, 0.4) is 0 Å². The van der Waals surface area contributed by atoms with Crippen LogP contribution in [0.15, 0.2) is 39.8 Å². The second-order valence-corrected chi connectivity index (χ2v) is 5.35. The predicted octanol–water partition coefficient (Wildman–Crippen LogP) is 1.96. The van der Waals surface area contributed by atoms with Crippen LogP contribution >= 0.6 is 0 Å². The molecule has 0 amide bonds. The molecule has 0 bridgehead atoms. The topological polar surface area (TPSA) is 78.6 Å². The summed E-state index contributed by atoms with van der Waals surface area (Å²) in [4.78, 5) is 10.7. The number of hydrogen-bond acceptors (Lipinski definition) is 5. The fourth-order valence-corrected chi connectivity index (χ4v) is 2.38. The molecule has 7 nitrogen and oxygen atoms in total. The van der Waals surface area contributed by atoms with Gasteiger partial charge in [0.05, 0.1) is 6.54 Å². The van der Waals surface area contributed by atoms with Gasteiger partial charge in [-0.1, -0.05) is 23.4 Å². The molecule has 1 aromatic heterocycles. The molecule has 0 aliphatic carbocycles. The molecule has 0 fully saturated rings. The van der Waals surface area contributed by atoms with E-state index in [1.807, 2.05) is 6.07 Å². The van der Waals surface area contributed by atoms with E-state index >= 15 is 0 Å². The van der Waals surface area contributed by atoms with Gasteiger partial charge in [-0.2, -0.15) is 4.98 Å². The number of aromatic nitrogens is 2. The zero-order chi connectivity index (χ0) is 17.2. The largest absolute Gasteiger partial charge is 0.372 e. The monoisotopic (exact) mass is 330 g/mol. The maximum Gasteiger partial charge on any atom is 0.223 e. The molecule has 2 aromatic rings. The van der Waals surface area contributed by atoms with Gasteiger partial charge in [0, 0.05) is 39.3 Å². The maximum absolute atomic E-state index is 4.94. The number of nitrogens with one attached hydrogen (secondary N) is 2. The zero-order valence-corrected chi connectivity index (χ0v) is 14.6. The lowest BCUT2D eigenvalue weighted by Gasteiger charge is -2.23. The smallest absolute Gasteiger partial charge is 0.223 e. The Labute approximate surface area is 143 Å². The lowest BCUT2D eigenvalue weighted by molar-refractivity contribution is 0.387. The third-order valence-corrected chi connectivity index (χ3v) is 3.61. The van der Waals surface area contributed by atoms with Crippen molar-refractivity contribution < 1.29 is 4.52 Å². The summed E-state index contributed by atoms with van der Waals surface area (Å²) >= 11 is 0. The molecular weight excluding hydrogens is 304 g/mol. The highest BCUT2D eigenvalue weighted by Gasteiger charge is 2.05. The van der Waals surface area contributed by atoms with Crippen molar-refractivity contribution in [1.29, 1.82) is 0 Å². The van der Waals surface area contributed by atoms with Crippen LogP contribution in [0.1, 0.15) is 25.1 Å². The molecule has 130 valence electrons. The average molecular weight is 330 g/mol. The third-order valence-electron chi connectivity index (χ3n) is 3.61. The number of nitrogens with zero attached hydrogens (tertiary/aromatic N) is 4. The maximum atomic E-state index is 4.94. The molecule has 24 heavy (non-hydrogen) atoms. The SMILES string of the molecule is CCN(CCCNC(=NC)NCc1noc(C)n1)c1ccccc1. The van der Waals surface area contributed by atoms with Crippen molar-refractivity contribution in [2.75, 3.05) is 31.6 Å². The van der Waals surface area contributed by atoms with Gasteiger partial charge >= 0.3 is 0 Å². The van der Waals surface area contributed by atoms with E-state index in [1.54, 1.807) is 14.0 Å². The van der Waals surface area contributed by atoms with Crippen molar-refractivity contribution in [1.82, 2.24) is 20.8 Å². The Morgan fingerprint density at radius 3 is 2.67 bits per heavy atom. The summed E-state index contributed by atoms with van der Waals surface area (Å²) in [6, 6.07) is 10.5. The first-order valence-electron chi connectivity index (χ1n) is 8.26. The molecule has 7 heteroatoms. The molecule has 0 saturated carbocycles. The van der Waals surface area contributed by atoms with Gasteiger partial charge in [0.1, 0.15) is 0 Å². The van der Waals surface area contributed by atoms with Crippen LogP contribution in [0, 0.1) is 6.92 Å². The van der Waals surface area contributed by atoms with Crippen LogP contribution in [-0.2, 0) is 6.54 Å². The van der Waals surface area contributed by atoms with Crippen molar-refractivity contribution in [2.24, 2.45) is 4.99 Å². The Kier molecular flexibility index (Phi) is 7.07. The van der Waals surface area contributed by atoms with Crippen molar-refractivity contribution in [3.8, 4) is 0 Å². The standard InChI is InChI=1S/C17H26N6O/c1-4-23(15-9-6-5-7-10-15)12-8-11-19-17(18-3)20-13-16-21-14(2)24-22-16/h5-7,9-10H,4,8,11-13H2,1-3H3,(H2,18,19,20). The van der Waals surface area contributed by atoms with Crippen LogP contribution in [0.4, 0.5) is 5.69 Å². The first-order valence-corrected chi connectivity index (χ1v) is 8.26. The molecule has 0 atom stereocenters. The molecule has 0 unspecified atom stereocenters. The van der Waals surface area contributed by atoms with E-state index in [9.17, 15) is 0 Å². The van der Waals surface area contributed by atoms with E-state index in [2.05, 4.69) is 61.9 Å². The molecule has 0 spiro atoms. The highest BCUT2D eigenvalue weighted by Crippen LogP contribution is 2.12. The molecule has 0 saturated heterocycles. The lowest BCUT2D eigenvalue weighted by atomic mass is 10.2. The minimum atomic E-state index is 0.488. The summed E-state index contributed by atoms with van der Waals surface area (Å²) in [5.74, 6) is 1.92. The number of rotatable bonds is 8. The quantitative estimate of drug-likeness (QED) is 0.438. The van der Waals surface area contributed by atoms with E-state index in [-0.39, 0.29) is 0 Å². The predicted molar refractivity (Wildman–Crippen MR) is 96.2 cm³/mol. The molecule has 0 radical (unpaired) electrons. The summed E-state index contributed by atoms with van der Waals surface area (Å²) in [5.41, 5.74) is 1.26. The van der Waals surface area contributed by atoms with E-state index in [4.69, 9.17) is 4.52 Å². The van der Waals surface area contributed by atoms with Crippen molar-refractivity contribution in [3.63, 3.8) is 0 Å². The molecule has 1 aromatic carbocycles. The highest BCUT2D eigenvalue weighted by atomic mass is 16.5. The molecular formula is C17H26N6O. The Morgan fingerprint density at radius 2 is 2.04 bits per heavy atom. The number of aliphatic imine (C=N–C) groups is 1. The van der Waals surface area contributed by atoms with E-state index in [0.717, 1.165) is 32.0 Å². The van der Waals surface area contributed by atoms with Crippen molar-refractivity contribution in [3.05, 3.63) is 42.0 Å². The second kappa shape index (κ2) is 9.54. The Bertz CT molecular complexity index is 625. The van der Waals surface area contributed by atoms with Gasteiger partial charge in [-0.15, -0.1) is 0 Å². The van der Waals surface area contributed by atoms with Crippen LogP contribution in [0.2, 0.25) is 0 Å². The molecule has 2 N–H and O–H groups in total. The van der Waals surface area contributed by atoms with Crippen LogP contribution in [-0.4, -0.2) is 42.8 Å². The van der Waals surface area contributed by atoms with Gasteiger partial charge in [0.15, 0.2) is 11.8 Å². The highest BCUT2D eigenvalue weighted by molar-refractivity contribution is 5.79. The first-order chi connectivity index (χ1) is 11.7. The number of hydrogen-bond donors (Lipinski definition) is 2. The zero-order valence-electron chi connectivity index (χ0n) is 14.6. The van der Waals surface area contributed by atoms with E-state index < -0.39 is 0 Å². The normalized spacial score (nSPS) is 11.4. The van der Waals surface area contributed by atoms with Crippen LogP contribution in [0.5, 0.6) is 0 Å². The van der Waals surface area contributed by atoms with Gasteiger partial charge in [0.25, 0.3) is 0 Å². The van der Waals surface area contributed by atoms with Gasteiger partial charge < -0.3 is 20.1 Å². The molecule has 0 aliphatic heterocycles. The second-order valence-electron chi connectivity index (χ2n) is 5.35. The summed E-state index contributed by atoms with van der Waals surface area (Å²) in [6.07, 6.45) is 1.02. The van der Waals surface area contributed by atoms with Gasteiger partial charge in [0.2, 0.25) is 5.89 Å². The Hall–Kier alpha value is -2.57. The number of anilines is 1. The summed E-state index contributed by atoms with van der Waals surface area (Å²) in [7, 11) is 1.75. The lowest BCUT2D eigenvalue weighted by Crippen LogP contribution is -2.38. The number of guanidine groups is 1. The summed E-state index contributed by atoms with van der Waals surface area (Å²) in [5, 5.41) is 10.3. The number of aryl methyl sites for hydroxylation is 1. The summed E-state index contributed by atoms with van der Waals surface area (Å²) < 4.78 is 4.94. The Balaban J connectivity index is 1.69. The number of benzene rings is 1. The molecule has 1 heterocycles. The van der Waals surface area contributed by atoms with Crippen molar-refractivity contribution in [2.45, 2.75) is 26.8 Å². The van der Waals surface area contributed by atoms with Gasteiger partial charge in [-0.05, 0) is 25.5 Å². The van der Waals surface area contributed by atoms with E-state index in [0.29, 0.717) is 18.3 Å². The fourth-order valence-electron chi connectivity index (χ4n) is 2.38. The molecule has 0 aliphatic rings. The minimum Gasteiger partial charge on any atom is -0.372 e. The first kappa shape index (κ1) is 17.8. The minimum absolute atomic E-state index is 0.488. The van der Waals surface area contributed by atoms with Crippen LogP contribution in [0.25, 0.3) is 0 Å². The average Bonchev–Trinajstić information content (AvgIpc) is 3.03.